The van der Waals surface area contributed by atoms with Crippen molar-refractivity contribution in [1.82, 2.24) is 10.3 Å². The highest BCUT2D eigenvalue weighted by atomic mass is 16.6. The van der Waals surface area contributed by atoms with E-state index in [1.807, 2.05) is 6.07 Å². The molecule has 0 aromatic carbocycles. The van der Waals surface area contributed by atoms with Crippen LogP contribution in [0.4, 0.5) is 11.5 Å². The van der Waals surface area contributed by atoms with Gasteiger partial charge in [0.2, 0.25) is 5.82 Å². The lowest BCUT2D eigenvalue weighted by molar-refractivity contribution is -0.384. The van der Waals surface area contributed by atoms with Crippen molar-refractivity contribution in [2.24, 2.45) is 0 Å². The summed E-state index contributed by atoms with van der Waals surface area (Å²) in [5, 5.41) is 25.8. The second-order valence-corrected chi connectivity index (χ2v) is 4.13. The number of anilines is 1. The summed E-state index contributed by atoms with van der Waals surface area (Å²) in [7, 11) is 0. The SMILES string of the molecule is N#Cc1cnc(NCC2=CCNCC2)c([N+](=O)[O-])c1. The lowest BCUT2D eigenvalue weighted by atomic mass is 10.1. The van der Waals surface area contributed by atoms with Crippen LogP contribution in [0.15, 0.2) is 23.9 Å². The largest absolute Gasteiger partial charge is 0.361 e. The Morgan fingerprint density at radius 3 is 3.11 bits per heavy atom. The predicted octanol–water partition coefficient (Wildman–Crippen LogP) is 1.19. The van der Waals surface area contributed by atoms with Crippen LogP contribution in [0.3, 0.4) is 0 Å². The van der Waals surface area contributed by atoms with Crippen LogP contribution >= 0.6 is 0 Å². The van der Waals surface area contributed by atoms with E-state index in [2.05, 4.69) is 21.7 Å². The number of pyridine rings is 1. The summed E-state index contributed by atoms with van der Waals surface area (Å²) in [6, 6.07) is 3.07. The van der Waals surface area contributed by atoms with Crippen LogP contribution in [0.2, 0.25) is 0 Å². The third-order valence-electron chi connectivity index (χ3n) is 2.83. The third kappa shape index (κ3) is 3.26. The summed E-state index contributed by atoms with van der Waals surface area (Å²) in [4.78, 5) is 14.3. The molecule has 7 heteroatoms. The van der Waals surface area contributed by atoms with Crippen molar-refractivity contribution in [1.29, 1.82) is 5.26 Å². The molecule has 2 rings (SSSR count). The third-order valence-corrected chi connectivity index (χ3v) is 2.83. The van der Waals surface area contributed by atoms with Gasteiger partial charge in [0.25, 0.3) is 0 Å². The second-order valence-electron chi connectivity index (χ2n) is 4.13. The van der Waals surface area contributed by atoms with Crippen molar-refractivity contribution in [3.63, 3.8) is 0 Å². The predicted molar refractivity (Wildman–Crippen MR) is 69.7 cm³/mol. The quantitative estimate of drug-likeness (QED) is 0.478. The Kier molecular flexibility index (Phi) is 4.05. The first kappa shape index (κ1) is 13.0. The van der Waals surface area contributed by atoms with E-state index < -0.39 is 4.92 Å². The van der Waals surface area contributed by atoms with Gasteiger partial charge in [-0.1, -0.05) is 11.6 Å². The highest BCUT2D eigenvalue weighted by Crippen LogP contribution is 2.22. The van der Waals surface area contributed by atoms with Gasteiger partial charge in [0.05, 0.1) is 10.5 Å². The molecule has 0 unspecified atom stereocenters. The summed E-state index contributed by atoms with van der Waals surface area (Å²) < 4.78 is 0. The average molecular weight is 259 g/mol. The van der Waals surface area contributed by atoms with Gasteiger partial charge in [0, 0.05) is 25.4 Å². The fourth-order valence-corrected chi connectivity index (χ4v) is 1.82. The minimum Gasteiger partial charge on any atom is -0.361 e. The Morgan fingerprint density at radius 2 is 2.47 bits per heavy atom. The van der Waals surface area contributed by atoms with Crippen molar-refractivity contribution in [2.75, 3.05) is 25.0 Å². The Hall–Kier alpha value is -2.46. The number of nitrogens with one attached hydrogen (secondary N) is 2. The van der Waals surface area contributed by atoms with Gasteiger partial charge in [0.1, 0.15) is 6.07 Å². The monoisotopic (exact) mass is 259 g/mol. The summed E-state index contributed by atoms with van der Waals surface area (Å²) in [6.07, 6.45) is 4.30. The van der Waals surface area contributed by atoms with E-state index in [1.54, 1.807) is 0 Å². The fraction of sp³-hybridized carbons (Fsp3) is 0.333. The molecule has 0 aliphatic carbocycles. The van der Waals surface area contributed by atoms with Crippen LogP contribution in [-0.4, -0.2) is 29.5 Å². The van der Waals surface area contributed by atoms with Crippen molar-refractivity contribution >= 4 is 11.5 Å². The number of hydrogen-bond acceptors (Lipinski definition) is 6. The fourth-order valence-electron chi connectivity index (χ4n) is 1.82. The van der Waals surface area contributed by atoms with E-state index in [9.17, 15) is 10.1 Å². The number of nitrogens with zero attached hydrogens (tertiary/aromatic N) is 3. The van der Waals surface area contributed by atoms with E-state index >= 15 is 0 Å². The Labute approximate surface area is 110 Å². The Morgan fingerprint density at radius 1 is 1.63 bits per heavy atom. The molecule has 2 N–H and O–H groups in total. The number of nitriles is 1. The highest BCUT2D eigenvalue weighted by molar-refractivity contribution is 5.58. The molecule has 0 saturated carbocycles. The van der Waals surface area contributed by atoms with E-state index in [1.165, 1.54) is 17.8 Å². The first-order chi connectivity index (χ1) is 9.20. The summed E-state index contributed by atoms with van der Waals surface area (Å²) >= 11 is 0. The zero-order chi connectivity index (χ0) is 13.7. The Balaban J connectivity index is 2.13. The van der Waals surface area contributed by atoms with E-state index in [-0.39, 0.29) is 17.1 Å². The maximum Gasteiger partial charge on any atom is 0.312 e. The van der Waals surface area contributed by atoms with Gasteiger partial charge in [-0.25, -0.2) is 4.98 Å². The normalized spacial score (nSPS) is 14.4. The number of aromatic nitrogens is 1. The van der Waals surface area contributed by atoms with Gasteiger partial charge in [-0.05, 0) is 13.0 Å². The topological polar surface area (TPSA) is 104 Å². The maximum atomic E-state index is 10.9. The molecule has 0 fully saturated rings. The molecule has 0 atom stereocenters. The maximum absolute atomic E-state index is 10.9. The highest BCUT2D eigenvalue weighted by Gasteiger charge is 2.16. The van der Waals surface area contributed by atoms with Gasteiger partial charge in [-0.2, -0.15) is 5.26 Å². The van der Waals surface area contributed by atoms with Crippen molar-refractivity contribution in [3.8, 4) is 6.07 Å². The average Bonchev–Trinajstić information content (AvgIpc) is 2.46. The zero-order valence-corrected chi connectivity index (χ0v) is 10.2. The van der Waals surface area contributed by atoms with E-state index in [0.717, 1.165) is 19.5 Å². The molecule has 2 heterocycles. The molecule has 0 radical (unpaired) electrons. The molecule has 0 spiro atoms. The molecular formula is C12H13N5O2. The molecular weight excluding hydrogens is 246 g/mol. The van der Waals surface area contributed by atoms with Gasteiger partial charge in [0.15, 0.2) is 0 Å². The first-order valence-corrected chi connectivity index (χ1v) is 5.87. The summed E-state index contributed by atoms with van der Waals surface area (Å²) in [5.41, 5.74) is 1.20. The zero-order valence-electron chi connectivity index (χ0n) is 10.2. The second kappa shape index (κ2) is 5.93. The summed E-state index contributed by atoms with van der Waals surface area (Å²) in [6.45, 7) is 2.26. The molecule has 0 saturated heterocycles. The standard InChI is InChI=1S/C12H13N5O2/c13-6-10-5-11(17(18)19)12(16-8-10)15-7-9-1-3-14-4-2-9/h1,5,8,14H,2-4,7H2,(H,15,16). The van der Waals surface area contributed by atoms with Crippen LogP contribution in [-0.2, 0) is 0 Å². The molecule has 1 aromatic heterocycles. The molecule has 1 aliphatic rings. The Bertz CT molecular complexity index is 562. The van der Waals surface area contributed by atoms with Crippen LogP contribution in [0.1, 0.15) is 12.0 Å². The number of rotatable bonds is 4. The first-order valence-electron chi connectivity index (χ1n) is 5.87. The lowest BCUT2D eigenvalue weighted by Gasteiger charge is -2.14. The van der Waals surface area contributed by atoms with E-state index in [4.69, 9.17) is 5.26 Å². The molecule has 0 bridgehead atoms. The van der Waals surface area contributed by atoms with Gasteiger partial charge in [-0.15, -0.1) is 0 Å². The lowest BCUT2D eigenvalue weighted by Crippen LogP contribution is -2.23. The van der Waals surface area contributed by atoms with Crippen molar-refractivity contribution < 1.29 is 4.92 Å². The molecule has 19 heavy (non-hydrogen) atoms. The molecule has 1 aromatic rings. The van der Waals surface area contributed by atoms with Crippen LogP contribution in [0, 0.1) is 21.4 Å². The van der Waals surface area contributed by atoms with Crippen LogP contribution in [0.5, 0.6) is 0 Å². The van der Waals surface area contributed by atoms with Gasteiger partial charge >= 0.3 is 5.69 Å². The van der Waals surface area contributed by atoms with Crippen LogP contribution < -0.4 is 10.6 Å². The van der Waals surface area contributed by atoms with Gasteiger partial charge in [-0.3, -0.25) is 10.1 Å². The molecule has 1 aliphatic heterocycles. The van der Waals surface area contributed by atoms with E-state index in [0.29, 0.717) is 6.54 Å². The molecule has 98 valence electrons. The van der Waals surface area contributed by atoms with Crippen LogP contribution in [0.25, 0.3) is 0 Å². The van der Waals surface area contributed by atoms with Crippen molar-refractivity contribution in [3.05, 3.63) is 39.6 Å². The number of hydrogen-bond donors (Lipinski definition) is 2. The smallest absolute Gasteiger partial charge is 0.312 e. The summed E-state index contributed by atoms with van der Waals surface area (Å²) in [5.74, 6) is 0.198. The van der Waals surface area contributed by atoms with Crippen molar-refractivity contribution in [2.45, 2.75) is 6.42 Å². The minimum atomic E-state index is -0.535. The number of nitro groups is 1. The molecule has 0 amide bonds. The van der Waals surface area contributed by atoms with Gasteiger partial charge < -0.3 is 10.6 Å². The minimum absolute atomic E-state index is 0.173. The molecule has 7 nitrogen and oxygen atoms in total.